The summed E-state index contributed by atoms with van der Waals surface area (Å²) in [7, 11) is 0. The van der Waals surface area contributed by atoms with Gasteiger partial charge >= 0.3 is 0 Å². The van der Waals surface area contributed by atoms with Gasteiger partial charge in [-0.05, 0) is 24.1 Å². The predicted molar refractivity (Wildman–Crippen MR) is 64.7 cm³/mol. The number of nitrogens with one attached hydrogen (secondary N) is 1. The van der Waals surface area contributed by atoms with Gasteiger partial charge in [-0.25, -0.2) is 0 Å². The van der Waals surface area contributed by atoms with E-state index >= 15 is 0 Å². The molecule has 5 heteroatoms. The number of hydrogen-bond acceptors (Lipinski definition) is 3. The molecule has 0 aliphatic carbocycles. The van der Waals surface area contributed by atoms with E-state index in [0.717, 1.165) is 12.1 Å². The summed E-state index contributed by atoms with van der Waals surface area (Å²) in [5, 5.41) is 14.1. The van der Waals surface area contributed by atoms with Crippen LogP contribution in [0.15, 0.2) is 18.2 Å². The minimum atomic E-state index is -0.464. The highest BCUT2D eigenvalue weighted by Crippen LogP contribution is 2.24. The third kappa shape index (κ3) is 3.79. The van der Waals surface area contributed by atoms with Gasteiger partial charge in [0, 0.05) is 12.6 Å². The lowest BCUT2D eigenvalue weighted by molar-refractivity contribution is -0.384. The molecule has 0 spiro atoms. The van der Waals surface area contributed by atoms with Crippen molar-refractivity contribution >= 4 is 17.3 Å². The maximum atomic E-state index is 10.7. The van der Waals surface area contributed by atoms with Crippen LogP contribution < -0.4 is 5.32 Å². The molecule has 1 aromatic rings. The second-order valence-corrected chi connectivity index (χ2v) is 4.47. The van der Waals surface area contributed by atoms with E-state index in [0.29, 0.717) is 12.5 Å². The van der Waals surface area contributed by atoms with Gasteiger partial charge in [-0.3, -0.25) is 10.1 Å². The highest BCUT2D eigenvalue weighted by atomic mass is 35.5. The number of hydrogen-bond donors (Lipinski definition) is 1. The fraction of sp³-hybridized carbons (Fsp3) is 0.455. The lowest BCUT2D eigenvalue weighted by atomic mass is 10.2. The van der Waals surface area contributed by atoms with Gasteiger partial charge in [0.1, 0.15) is 5.02 Å². The van der Waals surface area contributed by atoms with Crippen LogP contribution in [0.25, 0.3) is 0 Å². The van der Waals surface area contributed by atoms with Gasteiger partial charge < -0.3 is 5.32 Å². The summed E-state index contributed by atoms with van der Waals surface area (Å²) in [4.78, 5) is 10.2. The van der Waals surface area contributed by atoms with Crippen molar-refractivity contribution in [3.05, 3.63) is 38.9 Å². The van der Waals surface area contributed by atoms with Crippen LogP contribution in [0.3, 0.4) is 0 Å². The first-order valence-electron chi connectivity index (χ1n) is 5.14. The summed E-state index contributed by atoms with van der Waals surface area (Å²) in [5.74, 6) is 0.558. The summed E-state index contributed by atoms with van der Waals surface area (Å²) in [6.07, 6.45) is 0. The Morgan fingerprint density at radius 3 is 2.75 bits per heavy atom. The molecule has 0 saturated heterocycles. The molecule has 16 heavy (non-hydrogen) atoms. The Bertz CT molecular complexity index is 380. The lowest BCUT2D eigenvalue weighted by Crippen LogP contribution is -2.18. The van der Waals surface area contributed by atoms with E-state index in [1.807, 2.05) is 0 Å². The van der Waals surface area contributed by atoms with Crippen LogP contribution in [-0.2, 0) is 6.54 Å². The molecule has 4 nitrogen and oxygen atoms in total. The summed E-state index contributed by atoms with van der Waals surface area (Å²) in [5.41, 5.74) is 0.835. The summed E-state index contributed by atoms with van der Waals surface area (Å²) in [6.45, 7) is 5.72. The average molecular weight is 243 g/mol. The Labute approximate surface area is 99.8 Å². The van der Waals surface area contributed by atoms with Crippen LogP contribution in [0.5, 0.6) is 0 Å². The van der Waals surface area contributed by atoms with Crippen molar-refractivity contribution in [1.29, 1.82) is 0 Å². The molecule has 0 amide bonds. The third-order valence-electron chi connectivity index (χ3n) is 2.09. The van der Waals surface area contributed by atoms with E-state index in [9.17, 15) is 10.1 Å². The van der Waals surface area contributed by atoms with Crippen LogP contribution in [0.1, 0.15) is 19.4 Å². The summed E-state index contributed by atoms with van der Waals surface area (Å²) >= 11 is 5.71. The van der Waals surface area contributed by atoms with Gasteiger partial charge in [0.2, 0.25) is 0 Å². The van der Waals surface area contributed by atoms with Crippen LogP contribution in [0.2, 0.25) is 5.02 Å². The first kappa shape index (κ1) is 12.9. The second-order valence-electron chi connectivity index (χ2n) is 4.07. The number of benzene rings is 1. The number of nitro benzene ring substituents is 1. The molecule has 0 heterocycles. The number of rotatable bonds is 5. The Morgan fingerprint density at radius 1 is 1.50 bits per heavy atom. The van der Waals surface area contributed by atoms with Gasteiger partial charge in [0.25, 0.3) is 5.69 Å². The highest BCUT2D eigenvalue weighted by molar-refractivity contribution is 6.32. The molecule has 0 radical (unpaired) electrons. The monoisotopic (exact) mass is 242 g/mol. The van der Waals surface area contributed by atoms with E-state index in [1.165, 1.54) is 6.07 Å². The van der Waals surface area contributed by atoms with Gasteiger partial charge in [-0.1, -0.05) is 31.5 Å². The minimum Gasteiger partial charge on any atom is -0.312 e. The molecular formula is C11H15ClN2O2. The van der Waals surface area contributed by atoms with Crippen molar-refractivity contribution in [3.8, 4) is 0 Å². The molecule has 1 rings (SSSR count). The van der Waals surface area contributed by atoms with Gasteiger partial charge in [-0.2, -0.15) is 0 Å². The number of halogens is 1. The topological polar surface area (TPSA) is 55.2 Å². The fourth-order valence-electron chi connectivity index (χ4n) is 1.31. The van der Waals surface area contributed by atoms with E-state index in [4.69, 9.17) is 11.6 Å². The first-order valence-corrected chi connectivity index (χ1v) is 5.52. The maximum Gasteiger partial charge on any atom is 0.288 e. The zero-order valence-corrected chi connectivity index (χ0v) is 10.1. The van der Waals surface area contributed by atoms with Gasteiger partial charge in [-0.15, -0.1) is 0 Å². The molecule has 0 aromatic heterocycles. The molecule has 0 bridgehead atoms. The Kier molecular flexibility index (Phi) is 4.71. The van der Waals surface area contributed by atoms with Crippen molar-refractivity contribution < 1.29 is 4.92 Å². The van der Waals surface area contributed by atoms with Crippen molar-refractivity contribution in [3.63, 3.8) is 0 Å². The van der Waals surface area contributed by atoms with Crippen molar-refractivity contribution in [2.45, 2.75) is 20.4 Å². The average Bonchev–Trinajstić information content (AvgIpc) is 2.19. The maximum absolute atomic E-state index is 10.7. The van der Waals surface area contributed by atoms with Crippen LogP contribution in [0, 0.1) is 16.0 Å². The van der Waals surface area contributed by atoms with Crippen molar-refractivity contribution in [1.82, 2.24) is 5.32 Å². The van der Waals surface area contributed by atoms with Crippen LogP contribution in [-0.4, -0.2) is 11.5 Å². The Hall–Kier alpha value is -1.13. The van der Waals surface area contributed by atoms with Crippen LogP contribution >= 0.6 is 11.6 Å². The number of nitro groups is 1. The number of nitrogens with zero attached hydrogens (tertiary/aromatic N) is 1. The third-order valence-corrected chi connectivity index (χ3v) is 2.41. The molecule has 0 unspecified atom stereocenters. The molecule has 0 aliphatic rings. The molecular weight excluding hydrogens is 228 g/mol. The SMILES string of the molecule is CC(C)CNCc1ccc(Cl)c([N+](=O)[O-])c1. The lowest BCUT2D eigenvalue weighted by Gasteiger charge is -2.07. The quantitative estimate of drug-likeness (QED) is 0.638. The van der Waals surface area contributed by atoms with E-state index in [1.54, 1.807) is 12.1 Å². The second kappa shape index (κ2) is 5.82. The zero-order chi connectivity index (χ0) is 12.1. The van der Waals surface area contributed by atoms with Crippen molar-refractivity contribution in [2.75, 3.05) is 6.54 Å². The molecule has 0 fully saturated rings. The molecule has 88 valence electrons. The standard InChI is InChI=1S/C11H15ClN2O2/c1-8(2)6-13-7-9-3-4-10(12)11(5-9)14(15)16/h3-5,8,13H,6-7H2,1-2H3. The molecule has 0 atom stereocenters. The smallest absolute Gasteiger partial charge is 0.288 e. The fourth-order valence-corrected chi connectivity index (χ4v) is 1.50. The first-order chi connectivity index (χ1) is 7.50. The molecule has 0 aliphatic heterocycles. The molecule has 1 N–H and O–H groups in total. The zero-order valence-electron chi connectivity index (χ0n) is 9.37. The largest absolute Gasteiger partial charge is 0.312 e. The van der Waals surface area contributed by atoms with E-state index < -0.39 is 4.92 Å². The minimum absolute atomic E-state index is 0.0366. The normalized spacial score (nSPS) is 10.8. The predicted octanol–water partition coefficient (Wildman–Crippen LogP) is 2.99. The summed E-state index contributed by atoms with van der Waals surface area (Å²) in [6, 6.07) is 4.87. The van der Waals surface area contributed by atoms with E-state index in [2.05, 4.69) is 19.2 Å². The van der Waals surface area contributed by atoms with E-state index in [-0.39, 0.29) is 10.7 Å². The highest BCUT2D eigenvalue weighted by Gasteiger charge is 2.12. The van der Waals surface area contributed by atoms with Gasteiger partial charge in [0.15, 0.2) is 0 Å². The molecule has 0 saturated carbocycles. The summed E-state index contributed by atoms with van der Waals surface area (Å²) < 4.78 is 0. The Morgan fingerprint density at radius 2 is 2.19 bits per heavy atom. The van der Waals surface area contributed by atoms with Crippen LogP contribution in [0.4, 0.5) is 5.69 Å². The Balaban J connectivity index is 2.68. The van der Waals surface area contributed by atoms with Gasteiger partial charge in [0.05, 0.1) is 4.92 Å². The van der Waals surface area contributed by atoms with Crippen molar-refractivity contribution in [2.24, 2.45) is 5.92 Å². The molecule has 1 aromatic carbocycles.